The van der Waals surface area contributed by atoms with Gasteiger partial charge in [-0.2, -0.15) is 0 Å². The zero-order chi connectivity index (χ0) is 77.5. The van der Waals surface area contributed by atoms with Gasteiger partial charge in [0.15, 0.2) is 34.9 Å². The van der Waals surface area contributed by atoms with E-state index in [2.05, 4.69) is 347 Å². The minimum absolute atomic E-state index is 0.607. The number of hydrogen-bond donors (Lipinski definition) is 0. The molecule has 0 bridgehead atoms. The lowest BCUT2D eigenvalue weighted by Crippen LogP contribution is -2.04. The molecule has 17 aromatic carbocycles. The third-order valence-corrected chi connectivity index (χ3v) is 22.2. The second-order valence-electron chi connectivity index (χ2n) is 29.3. The fourth-order valence-corrected chi connectivity index (χ4v) is 16.7. The van der Waals surface area contributed by atoms with Crippen molar-refractivity contribution in [3.05, 3.63) is 431 Å². The maximum Gasteiger partial charge on any atom is 0.164 e. The molecule has 0 amide bonds. The smallest absolute Gasteiger partial charge is 0.164 e. The van der Waals surface area contributed by atoms with Gasteiger partial charge in [0.2, 0.25) is 0 Å². The van der Waals surface area contributed by atoms with Crippen LogP contribution < -0.4 is 0 Å². The molecular formula is C108H71N9. The maximum absolute atomic E-state index is 5.21. The normalized spacial score (nSPS) is 11.4. The van der Waals surface area contributed by atoms with Crippen LogP contribution in [-0.4, -0.2) is 43.6 Å². The third-order valence-electron chi connectivity index (χ3n) is 22.2. The highest BCUT2D eigenvalue weighted by Gasteiger charge is 2.26. The van der Waals surface area contributed by atoms with E-state index < -0.39 is 0 Å². The molecule has 0 N–H and O–H groups in total. The van der Waals surface area contributed by atoms with Gasteiger partial charge in [0, 0.05) is 88.1 Å². The van der Waals surface area contributed by atoms with E-state index >= 15 is 0 Å². The number of para-hydroxylation sites is 3. The first kappa shape index (κ1) is 69.1. The predicted molar refractivity (Wildman–Crippen MR) is 482 cm³/mol. The molecule has 22 rings (SSSR count). The summed E-state index contributed by atoms with van der Waals surface area (Å²) in [7, 11) is 0. The third kappa shape index (κ3) is 12.9. The van der Waals surface area contributed by atoms with Gasteiger partial charge in [-0.15, -0.1) is 0 Å². The lowest BCUT2D eigenvalue weighted by Gasteiger charge is -2.21. The van der Waals surface area contributed by atoms with Crippen molar-refractivity contribution < 1.29 is 0 Å². The lowest BCUT2D eigenvalue weighted by molar-refractivity contribution is 1.07. The minimum Gasteiger partial charge on any atom is -0.309 e. The number of nitrogens with zero attached hydrogens (tertiary/aromatic N) is 9. The predicted octanol–water partition coefficient (Wildman–Crippen LogP) is 27.4. The summed E-state index contributed by atoms with van der Waals surface area (Å²) >= 11 is 0. The van der Waals surface area contributed by atoms with E-state index in [1.54, 1.807) is 0 Å². The fraction of sp³-hybridized carbons (Fsp3) is 0. The minimum atomic E-state index is 0.607. The summed E-state index contributed by atoms with van der Waals surface area (Å²) in [5.41, 5.74) is 27.0. The number of rotatable bonds is 14. The molecule has 0 aliphatic rings. The SMILES string of the molecule is c1ccc(-c2ccc3c(c2)c2cc(-c4ccccc4)ccc2n3-c2c(-c3ccccc3)cc(-c3nc(-c4ccccc4)nc(-c4ccccc4)n3)cc2-c2ccccc2)cc1.c1ccc(-c2nc(-c3ccccc3)nc(-c3ccc(-n4c5ccccc5c5cc(-n6c7ccccc7c7ccccc76)ccc54)c(-c4ccccc4)c3)n2)cc1. The molecule has 9 heteroatoms. The first-order valence-electron chi connectivity index (χ1n) is 39.5. The number of benzene rings is 17. The van der Waals surface area contributed by atoms with Crippen molar-refractivity contribution in [2.75, 3.05) is 0 Å². The highest BCUT2D eigenvalue weighted by molar-refractivity contribution is 6.15. The van der Waals surface area contributed by atoms with E-state index in [-0.39, 0.29) is 0 Å². The van der Waals surface area contributed by atoms with E-state index in [0.717, 1.165) is 106 Å². The highest BCUT2D eigenvalue weighted by atomic mass is 15.1. The van der Waals surface area contributed by atoms with Crippen molar-refractivity contribution >= 4 is 65.4 Å². The van der Waals surface area contributed by atoms with Crippen molar-refractivity contribution in [3.63, 3.8) is 0 Å². The van der Waals surface area contributed by atoms with Crippen LogP contribution in [0.3, 0.4) is 0 Å². The van der Waals surface area contributed by atoms with Crippen LogP contribution in [0.2, 0.25) is 0 Å². The summed E-state index contributed by atoms with van der Waals surface area (Å²) in [5, 5.41) is 7.28. The molecule has 0 aliphatic carbocycles. The van der Waals surface area contributed by atoms with Crippen molar-refractivity contribution in [2.45, 2.75) is 0 Å². The largest absolute Gasteiger partial charge is 0.309 e. The Bertz CT molecular complexity index is 7110. The van der Waals surface area contributed by atoms with E-state index in [1.807, 2.05) is 97.1 Å². The molecule has 0 saturated heterocycles. The second kappa shape index (κ2) is 30.0. The molecule has 548 valence electrons. The Hall–Kier alpha value is -15.8. The summed E-state index contributed by atoms with van der Waals surface area (Å²) in [6.45, 7) is 0. The van der Waals surface area contributed by atoms with Gasteiger partial charge in [0.1, 0.15) is 0 Å². The van der Waals surface area contributed by atoms with Crippen LogP contribution >= 0.6 is 0 Å². The van der Waals surface area contributed by atoms with Gasteiger partial charge in [0.05, 0.1) is 44.5 Å². The van der Waals surface area contributed by atoms with Crippen LogP contribution in [0.25, 0.3) is 206 Å². The van der Waals surface area contributed by atoms with Crippen LogP contribution in [0.15, 0.2) is 431 Å². The number of fused-ring (bicyclic) bond motifs is 9. The zero-order valence-corrected chi connectivity index (χ0v) is 63.5. The second-order valence-corrected chi connectivity index (χ2v) is 29.3. The fourth-order valence-electron chi connectivity index (χ4n) is 16.7. The Morgan fingerprint density at radius 3 is 0.803 bits per heavy atom. The Balaban J connectivity index is 0.000000146. The molecule has 117 heavy (non-hydrogen) atoms. The van der Waals surface area contributed by atoms with E-state index in [0.29, 0.717) is 34.9 Å². The lowest BCUT2D eigenvalue weighted by atomic mass is 9.92. The molecule has 5 heterocycles. The van der Waals surface area contributed by atoms with E-state index in [4.69, 9.17) is 29.9 Å². The number of aromatic nitrogens is 9. The van der Waals surface area contributed by atoms with Gasteiger partial charge in [0.25, 0.3) is 0 Å². The summed E-state index contributed by atoms with van der Waals surface area (Å²) in [4.78, 5) is 30.5. The van der Waals surface area contributed by atoms with Gasteiger partial charge in [-0.05, 0) is 130 Å². The van der Waals surface area contributed by atoms with Crippen LogP contribution in [0.1, 0.15) is 0 Å². The summed E-state index contributed by atoms with van der Waals surface area (Å²) < 4.78 is 7.27. The van der Waals surface area contributed by atoms with E-state index in [9.17, 15) is 0 Å². The molecular weight excluding hydrogens is 1420 g/mol. The molecule has 0 fully saturated rings. The Morgan fingerprint density at radius 1 is 0.145 bits per heavy atom. The summed E-state index contributed by atoms with van der Waals surface area (Å²) in [5.74, 6) is 3.77. The van der Waals surface area contributed by atoms with Gasteiger partial charge >= 0.3 is 0 Å². The van der Waals surface area contributed by atoms with Gasteiger partial charge in [-0.3, -0.25) is 0 Å². The monoisotopic (exact) mass is 1490 g/mol. The van der Waals surface area contributed by atoms with Crippen molar-refractivity contribution in [1.29, 1.82) is 0 Å². The molecule has 9 nitrogen and oxygen atoms in total. The standard InChI is InChI=1S/C57H38N4.C51H33N5/c1-7-19-39(20-8-1)45-31-33-52-50(35-45)51-36-46(40-21-9-2-10-22-40)32-34-53(51)61(52)54-48(41-23-11-3-12-24-41)37-47(38-49(54)42-25-13-4-14-26-42)57-59-55(43-27-15-5-16-28-43)58-56(60-57)44-29-17-6-18-30-44;1-4-16-34(17-5-1)42-32-37(51-53-49(35-18-6-2-7-19-35)52-50(54-51)36-20-8-3-9-21-36)28-30-47(42)56-46-27-15-12-24-41(46)43-33-38(29-31-48(43)56)55-44-25-13-10-22-39(44)40-23-11-14-26-45(40)55/h1-38H;1-33H. The average Bonchev–Trinajstić information content (AvgIpc) is 1.59. The Morgan fingerprint density at radius 2 is 0.410 bits per heavy atom. The molecule has 22 aromatic rings. The first-order valence-corrected chi connectivity index (χ1v) is 39.5. The highest BCUT2D eigenvalue weighted by Crippen LogP contribution is 2.47. The number of hydrogen-bond acceptors (Lipinski definition) is 6. The van der Waals surface area contributed by atoms with Crippen molar-refractivity contribution in [3.8, 4) is 141 Å². The zero-order valence-electron chi connectivity index (χ0n) is 63.5. The summed E-state index contributed by atoms with van der Waals surface area (Å²) in [6, 6.07) is 152. The van der Waals surface area contributed by atoms with Crippen molar-refractivity contribution in [1.82, 2.24) is 43.6 Å². The molecule has 5 aromatic heterocycles. The van der Waals surface area contributed by atoms with Crippen LogP contribution in [0, 0.1) is 0 Å². The van der Waals surface area contributed by atoms with Gasteiger partial charge in [-0.25, -0.2) is 29.9 Å². The van der Waals surface area contributed by atoms with E-state index in [1.165, 1.54) is 65.6 Å². The topological polar surface area (TPSA) is 92.1 Å². The van der Waals surface area contributed by atoms with Crippen LogP contribution in [0.5, 0.6) is 0 Å². The van der Waals surface area contributed by atoms with Crippen LogP contribution in [-0.2, 0) is 0 Å². The van der Waals surface area contributed by atoms with Crippen molar-refractivity contribution in [2.24, 2.45) is 0 Å². The molecule has 0 atom stereocenters. The molecule has 0 saturated carbocycles. The molecule has 0 aliphatic heterocycles. The average molecular weight is 1490 g/mol. The Labute approximate surface area is 676 Å². The Kier molecular flexibility index (Phi) is 17.7. The molecule has 0 radical (unpaired) electrons. The molecule has 0 unspecified atom stereocenters. The first-order chi connectivity index (χ1) is 58.0. The van der Waals surface area contributed by atoms with Gasteiger partial charge in [-0.1, -0.05) is 340 Å². The molecule has 0 spiro atoms. The summed E-state index contributed by atoms with van der Waals surface area (Å²) in [6.07, 6.45) is 0. The van der Waals surface area contributed by atoms with Crippen LogP contribution in [0.4, 0.5) is 0 Å². The quantitative estimate of drug-likeness (QED) is 0.108. The van der Waals surface area contributed by atoms with Gasteiger partial charge < -0.3 is 13.7 Å². The maximum atomic E-state index is 5.21.